The first-order chi connectivity index (χ1) is 9.56. The van der Waals surface area contributed by atoms with Crippen LogP contribution in [-0.2, 0) is 11.4 Å². The standard InChI is InChI=1S/C15H14FNO3/c16-12-6-4-10(5-7-12)9-20-13-3-1-2-11(8-13)14(17)15(18)19/h1-8,14H,9,17H2,(H,18,19)/t14-/m0/s1. The highest BCUT2D eigenvalue weighted by atomic mass is 19.1. The zero-order valence-electron chi connectivity index (χ0n) is 10.6. The van der Waals surface area contributed by atoms with Crippen molar-refractivity contribution in [2.75, 3.05) is 0 Å². The van der Waals surface area contributed by atoms with Gasteiger partial charge in [0.15, 0.2) is 0 Å². The zero-order valence-corrected chi connectivity index (χ0v) is 10.6. The molecule has 0 radical (unpaired) electrons. The molecule has 2 aromatic carbocycles. The fourth-order valence-electron chi connectivity index (χ4n) is 1.69. The molecule has 0 aliphatic rings. The normalized spacial score (nSPS) is 11.9. The van der Waals surface area contributed by atoms with E-state index in [0.717, 1.165) is 5.56 Å². The summed E-state index contributed by atoms with van der Waals surface area (Å²) in [6.45, 7) is 0.270. The van der Waals surface area contributed by atoms with E-state index in [-0.39, 0.29) is 12.4 Å². The first-order valence-corrected chi connectivity index (χ1v) is 6.02. The van der Waals surface area contributed by atoms with Crippen molar-refractivity contribution >= 4 is 5.97 Å². The van der Waals surface area contributed by atoms with Crippen molar-refractivity contribution in [2.24, 2.45) is 5.73 Å². The summed E-state index contributed by atoms with van der Waals surface area (Å²) in [4.78, 5) is 10.8. The fraction of sp³-hybridized carbons (Fsp3) is 0.133. The van der Waals surface area contributed by atoms with Gasteiger partial charge in [-0.1, -0.05) is 24.3 Å². The summed E-state index contributed by atoms with van der Waals surface area (Å²) in [5.74, 6) is -0.882. The summed E-state index contributed by atoms with van der Waals surface area (Å²) < 4.78 is 18.3. The minimum atomic E-state index is -1.10. The van der Waals surface area contributed by atoms with Crippen LogP contribution in [0.5, 0.6) is 5.75 Å². The molecule has 0 spiro atoms. The van der Waals surface area contributed by atoms with Gasteiger partial charge in [0.1, 0.15) is 24.2 Å². The number of aliphatic carboxylic acids is 1. The second kappa shape index (κ2) is 6.16. The topological polar surface area (TPSA) is 72.6 Å². The summed E-state index contributed by atoms with van der Waals surface area (Å²) in [7, 11) is 0. The van der Waals surface area contributed by atoms with Gasteiger partial charge >= 0.3 is 5.97 Å². The van der Waals surface area contributed by atoms with E-state index in [1.54, 1.807) is 36.4 Å². The van der Waals surface area contributed by atoms with Gasteiger partial charge in [0.2, 0.25) is 0 Å². The van der Waals surface area contributed by atoms with E-state index in [4.69, 9.17) is 15.6 Å². The Hall–Kier alpha value is -2.40. The van der Waals surface area contributed by atoms with Crippen LogP contribution in [0.2, 0.25) is 0 Å². The third kappa shape index (κ3) is 3.55. The summed E-state index contributed by atoms with van der Waals surface area (Å²) in [6.07, 6.45) is 0. The van der Waals surface area contributed by atoms with Crippen molar-refractivity contribution in [3.8, 4) is 5.75 Å². The van der Waals surface area contributed by atoms with Crippen LogP contribution in [0.3, 0.4) is 0 Å². The maximum absolute atomic E-state index is 12.8. The van der Waals surface area contributed by atoms with Crippen LogP contribution in [0.15, 0.2) is 48.5 Å². The van der Waals surface area contributed by atoms with E-state index in [1.807, 2.05) is 0 Å². The highest BCUT2D eigenvalue weighted by molar-refractivity contribution is 5.75. The van der Waals surface area contributed by atoms with Crippen molar-refractivity contribution in [1.29, 1.82) is 0 Å². The SMILES string of the molecule is N[C@H](C(=O)O)c1cccc(OCc2ccc(F)cc2)c1. The maximum Gasteiger partial charge on any atom is 0.325 e. The lowest BCUT2D eigenvalue weighted by Gasteiger charge is -2.10. The van der Waals surface area contributed by atoms with Gasteiger partial charge in [0, 0.05) is 0 Å². The molecular weight excluding hydrogens is 261 g/mol. The molecule has 0 amide bonds. The summed E-state index contributed by atoms with van der Waals surface area (Å²) in [5, 5.41) is 8.86. The van der Waals surface area contributed by atoms with E-state index in [2.05, 4.69) is 0 Å². The molecule has 3 N–H and O–H groups in total. The van der Waals surface area contributed by atoms with E-state index < -0.39 is 12.0 Å². The summed E-state index contributed by atoms with van der Waals surface area (Å²) in [6, 6.07) is 11.5. The molecule has 0 heterocycles. The lowest BCUT2D eigenvalue weighted by molar-refractivity contribution is -0.138. The van der Waals surface area contributed by atoms with E-state index in [0.29, 0.717) is 11.3 Å². The molecule has 2 aromatic rings. The zero-order chi connectivity index (χ0) is 14.5. The molecule has 1 atom stereocenters. The quantitative estimate of drug-likeness (QED) is 0.879. The number of carboxylic acids is 1. The highest BCUT2D eigenvalue weighted by Gasteiger charge is 2.14. The lowest BCUT2D eigenvalue weighted by atomic mass is 10.1. The molecule has 0 aromatic heterocycles. The Bertz CT molecular complexity index is 598. The van der Waals surface area contributed by atoms with Crippen LogP contribution in [0.25, 0.3) is 0 Å². The number of halogens is 1. The number of nitrogens with two attached hydrogens (primary N) is 1. The number of hydrogen-bond donors (Lipinski definition) is 2. The van der Waals surface area contributed by atoms with Gasteiger partial charge in [0.05, 0.1) is 0 Å². The van der Waals surface area contributed by atoms with Gasteiger partial charge in [-0.25, -0.2) is 4.39 Å². The summed E-state index contributed by atoms with van der Waals surface area (Å²) >= 11 is 0. The molecule has 0 bridgehead atoms. The second-order valence-corrected chi connectivity index (χ2v) is 4.30. The molecule has 0 aliphatic carbocycles. The fourth-order valence-corrected chi connectivity index (χ4v) is 1.69. The van der Waals surface area contributed by atoms with Crippen LogP contribution >= 0.6 is 0 Å². The molecule has 0 saturated carbocycles. The molecule has 104 valence electrons. The molecule has 0 saturated heterocycles. The Morgan fingerprint density at radius 2 is 1.95 bits per heavy atom. The van der Waals surface area contributed by atoms with E-state index in [9.17, 15) is 9.18 Å². The largest absolute Gasteiger partial charge is 0.489 e. The smallest absolute Gasteiger partial charge is 0.325 e. The van der Waals surface area contributed by atoms with E-state index in [1.165, 1.54) is 12.1 Å². The van der Waals surface area contributed by atoms with Crippen LogP contribution < -0.4 is 10.5 Å². The van der Waals surface area contributed by atoms with Crippen molar-refractivity contribution in [3.63, 3.8) is 0 Å². The van der Waals surface area contributed by atoms with Gasteiger partial charge < -0.3 is 15.6 Å². The average Bonchev–Trinajstić information content (AvgIpc) is 2.46. The predicted molar refractivity (Wildman–Crippen MR) is 71.7 cm³/mol. The molecular formula is C15H14FNO3. The Kier molecular flexibility index (Phi) is 4.32. The van der Waals surface area contributed by atoms with Crippen molar-refractivity contribution in [1.82, 2.24) is 0 Å². The minimum absolute atomic E-state index is 0.270. The Balaban J connectivity index is 2.04. The molecule has 4 nitrogen and oxygen atoms in total. The van der Waals surface area contributed by atoms with Gasteiger partial charge in [-0.2, -0.15) is 0 Å². The van der Waals surface area contributed by atoms with Crippen molar-refractivity contribution < 1.29 is 19.0 Å². The number of hydrogen-bond acceptors (Lipinski definition) is 3. The molecule has 20 heavy (non-hydrogen) atoms. The van der Waals surface area contributed by atoms with Crippen molar-refractivity contribution in [2.45, 2.75) is 12.6 Å². The molecule has 2 rings (SSSR count). The minimum Gasteiger partial charge on any atom is -0.489 e. The first kappa shape index (κ1) is 14.0. The van der Waals surface area contributed by atoms with Gasteiger partial charge in [-0.3, -0.25) is 4.79 Å². The molecule has 0 fully saturated rings. The predicted octanol–water partition coefficient (Wildman–Crippen LogP) is 2.49. The second-order valence-electron chi connectivity index (χ2n) is 4.30. The third-order valence-electron chi connectivity index (χ3n) is 2.80. The molecule has 0 unspecified atom stereocenters. The average molecular weight is 275 g/mol. The molecule has 0 aliphatic heterocycles. The van der Waals surface area contributed by atoms with Gasteiger partial charge in [0.25, 0.3) is 0 Å². The Morgan fingerprint density at radius 1 is 1.25 bits per heavy atom. The van der Waals surface area contributed by atoms with Crippen LogP contribution in [0, 0.1) is 5.82 Å². The monoisotopic (exact) mass is 275 g/mol. The van der Waals surface area contributed by atoms with E-state index >= 15 is 0 Å². The Morgan fingerprint density at radius 3 is 2.60 bits per heavy atom. The molecule has 5 heteroatoms. The van der Waals surface area contributed by atoms with Gasteiger partial charge in [-0.15, -0.1) is 0 Å². The number of carbonyl (C=O) groups is 1. The van der Waals surface area contributed by atoms with Crippen LogP contribution in [0.4, 0.5) is 4.39 Å². The number of rotatable bonds is 5. The van der Waals surface area contributed by atoms with Crippen molar-refractivity contribution in [3.05, 3.63) is 65.5 Å². The van der Waals surface area contributed by atoms with Crippen LogP contribution in [-0.4, -0.2) is 11.1 Å². The number of ether oxygens (including phenoxy) is 1. The number of carboxylic acid groups (broad SMARTS) is 1. The summed E-state index contributed by atoms with van der Waals surface area (Å²) in [5.41, 5.74) is 6.82. The van der Waals surface area contributed by atoms with Gasteiger partial charge in [-0.05, 0) is 35.4 Å². The maximum atomic E-state index is 12.8. The third-order valence-corrected chi connectivity index (χ3v) is 2.80. The Labute approximate surface area is 115 Å². The lowest BCUT2D eigenvalue weighted by Crippen LogP contribution is -2.20. The van der Waals surface area contributed by atoms with Crippen LogP contribution in [0.1, 0.15) is 17.2 Å². The number of benzene rings is 2. The first-order valence-electron chi connectivity index (χ1n) is 6.02. The highest BCUT2D eigenvalue weighted by Crippen LogP contribution is 2.19.